The van der Waals surface area contributed by atoms with Crippen molar-refractivity contribution < 1.29 is 32.7 Å². The van der Waals surface area contributed by atoms with Crippen LogP contribution in [-0.4, -0.2) is 82.9 Å². The van der Waals surface area contributed by atoms with Crippen LogP contribution in [-0.2, 0) is 28.7 Å². The fourth-order valence-electron chi connectivity index (χ4n) is 7.25. The molecule has 1 saturated heterocycles. The molecule has 1 aliphatic heterocycles. The molecular weight excluding hydrogens is 707 g/mol. The van der Waals surface area contributed by atoms with Crippen LogP contribution < -0.4 is 15.8 Å². The largest absolute Gasteiger partial charge is 0.504 e. The number of aryl methyl sites for hydroxylation is 1. The molecule has 0 bridgehead atoms. The van der Waals surface area contributed by atoms with Crippen LogP contribution >= 0.6 is 11.6 Å². The molecule has 272 valence electrons. The van der Waals surface area contributed by atoms with Gasteiger partial charge in [-0.1, -0.05) is 24.6 Å². The number of hydrogen-bond acceptors (Lipinski definition) is 10. The van der Waals surface area contributed by atoms with E-state index in [0.29, 0.717) is 30.8 Å². The highest BCUT2D eigenvalue weighted by Gasteiger charge is 2.38. The van der Waals surface area contributed by atoms with Gasteiger partial charge in [0.15, 0.2) is 17.3 Å². The fraction of sp³-hybridized carbons (Fsp3) is 0.412. The molecular formula is C34H33ClF3N9O5. The zero-order valence-electron chi connectivity index (χ0n) is 28.1. The minimum Gasteiger partial charge on any atom is -0.504 e. The molecule has 7 rings (SSSR count). The molecule has 18 heteroatoms. The lowest BCUT2D eigenvalue weighted by molar-refractivity contribution is -0.137. The van der Waals surface area contributed by atoms with Gasteiger partial charge >= 0.3 is 6.18 Å². The predicted octanol–water partition coefficient (Wildman–Crippen LogP) is 3.91. The van der Waals surface area contributed by atoms with Gasteiger partial charge in [0.25, 0.3) is 11.5 Å². The van der Waals surface area contributed by atoms with Crippen LogP contribution in [0.1, 0.15) is 59.5 Å². The summed E-state index contributed by atoms with van der Waals surface area (Å²) in [5, 5.41) is 17.3. The third-order valence-electron chi connectivity index (χ3n) is 9.87. The molecule has 0 radical (unpaired) electrons. The SMILES string of the molecule is CCc1c(N2CCN(C(=O)c3ncnc(C)c3O)CC2)c(=O)n2nc(C3=CC4CC(=O)CC4C3)nc2n1CC(=O)Nc1ccc(C(F)(F)F)cc1Cl. The second-order valence-corrected chi connectivity index (χ2v) is 13.5. The normalized spacial score (nSPS) is 19.0. The Morgan fingerprint density at radius 2 is 1.83 bits per heavy atom. The number of carbonyl (C=O) groups excluding carboxylic acids is 3. The molecule has 2 unspecified atom stereocenters. The number of hydrogen-bond donors (Lipinski definition) is 2. The van der Waals surface area contributed by atoms with E-state index in [1.807, 2.05) is 17.9 Å². The minimum absolute atomic E-state index is 0.0277. The first kappa shape index (κ1) is 35.1. The van der Waals surface area contributed by atoms with Gasteiger partial charge in [-0.3, -0.25) is 19.2 Å². The Hall–Kier alpha value is -5.32. The molecule has 52 heavy (non-hydrogen) atoms. The molecule has 2 aliphatic carbocycles. The quantitative estimate of drug-likeness (QED) is 0.284. The molecule has 2 atom stereocenters. The molecule has 2 amide bonds. The van der Waals surface area contributed by atoms with E-state index in [-0.39, 0.29) is 96.1 Å². The smallest absolute Gasteiger partial charge is 0.416 e. The number of benzene rings is 1. The summed E-state index contributed by atoms with van der Waals surface area (Å²) in [5.74, 6) is -0.623. The van der Waals surface area contributed by atoms with Gasteiger partial charge in [0.1, 0.15) is 24.3 Å². The molecule has 4 aromatic rings. The van der Waals surface area contributed by atoms with Gasteiger partial charge < -0.3 is 24.8 Å². The zero-order valence-corrected chi connectivity index (χ0v) is 28.8. The number of carbonyl (C=O) groups is 3. The van der Waals surface area contributed by atoms with Gasteiger partial charge in [-0.25, -0.2) is 9.97 Å². The van der Waals surface area contributed by atoms with Crippen LogP contribution in [0.15, 0.2) is 35.4 Å². The van der Waals surface area contributed by atoms with Crippen LogP contribution in [0.4, 0.5) is 24.5 Å². The molecule has 14 nitrogen and oxygen atoms in total. The number of allylic oxidation sites excluding steroid dienone is 2. The lowest BCUT2D eigenvalue weighted by atomic mass is 10.00. The number of aromatic nitrogens is 6. The van der Waals surface area contributed by atoms with E-state index in [2.05, 4.69) is 20.4 Å². The molecule has 3 aromatic heterocycles. The van der Waals surface area contributed by atoms with Crippen LogP contribution in [0.5, 0.6) is 5.75 Å². The fourth-order valence-corrected chi connectivity index (χ4v) is 7.48. The van der Waals surface area contributed by atoms with Crippen LogP contribution in [0.3, 0.4) is 0 Å². The Morgan fingerprint density at radius 1 is 1.08 bits per heavy atom. The average Bonchev–Trinajstić information content (AvgIpc) is 3.81. The van der Waals surface area contributed by atoms with E-state index >= 15 is 0 Å². The Morgan fingerprint density at radius 3 is 2.50 bits per heavy atom. The van der Waals surface area contributed by atoms with Gasteiger partial charge in [0.05, 0.1) is 27.7 Å². The van der Waals surface area contributed by atoms with E-state index in [1.54, 1.807) is 11.5 Å². The summed E-state index contributed by atoms with van der Waals surface area (Å²) in [5.41, 5.74) is 0.175. The van der Waals surface area contributed by atoms with Crippen molar-refractivity contribution in [3.63, 3.8) is 0 Å². The predicted molar refractivity (Wildman–Crippen MR) is 182 cm³/mol. The van der Waals surface area contributed by atoms with E-state index in [4.69, 9.17) is 16.6 Å². The van der Waals surface area contributed by atoms with Gasteiger partial charge in [0.2, 0.25) is 11.7 Å². The molecule has 2 N–H and O–H groups in total. The number of amides is 2. The molecule has 1 saturated carbocycles. The number of Topliss-reactive ketones (excluding diaryl/α,β-unsaturated/α-hetero) is 1. The Bertz CT molecular complexity index is 2230. The van der Waals surface area contributed by atoms with Crippen molar-refractivity contribution in [1.29, 1.82) is 0 Å². The van der Waals surface area contributed by atoms with Crippen LogP contribution in [0.2, 0.25) is 5.02 Å². The Balaban J connectivity index is 1.23. The van der Waals surface area contributed by atoms with E-state index in [0.717, 1.165) is 28.3 Å². The van der Waals surface area contributed by atoms with E-state index in [9.17, 15) is 37.5 Å². The number of anilines is 2. The number of alkyl halides is 3. The third kappa shape index (κ3) is 6.37. The van der Waals surface area contributed by atoms with Crippen molar-refractivity contribution in [2.24, 2.45) is 11.8 Å². The molecule has 1 aromatic carbocycles. The lowest BCUT2D eigenvalue weighted by Crippen LogP contribution is -2.51. The Kier molecular flexibility index (Phi) is 9.00. The number of nitrogens with one attached hydrogen (secondary N) is 1. The number of halogens is 4. The van der Waals surface area contributed by atoms with Crippen LogP contribution in [0, 0.1) is 18.8 Å². The number of ketones is 1. The van der Waals surface area contributed by atoms with Gasteiger partial charge in [0, 0.05) is 39.0 Å². The maximum absolute atomic E-state index is 14.3. The summed E-state index contributed by atoms with van der Waals surface area (Å²) in [6, 6.07) is 2.61. The first-order valence-corrected chi connectivity index (χ1v) is 17.1. The first-order chi connectivity index (χ1) is 24.7. The zero-order chi connectivity index (χ0) is 37.1. The molecule has 3 aliphatic rings. The van der Waals surface area contributed by atoms with Gasteiger partial charge in [-0.15, -0.1) is 5.10 Å². The van der Waals surface area contributed by atoms with Crippen molar-refractivity contribution in [1.82, 2.24) is 34.0 Å². The number of fused-ring (bicyclic) bond motifs is 2. The monoisotopic (exact) mass is 739 g/mol. The summed E-state index contributed by atoms with van der Waals surface area (Å²) < 4.78 is 42.4. The summed E-state index contributed by atoms with van der Waals surface area (Å²) in [6.45, 7) is 3.80. The van der Waals surface area contributed by atoms with Crippen molar-refractivity contribution >= 4 is 51.9 Å². The first-order valence-electron chi connectivity index (χ1n) is 16.7. The van der Waals surface area contributed by atoms with Crippen molar-refractivity contribution in [3.05, 3.63) is 74.4 Å². The van der Waals surface area contributed by atoms with E-state index < -0.39 is 29.1 Å². The molecule has 2 fully saturated rings. The molecule has 0 spiro atoms. The van der Waals surface area contributed by atoms with Crippen LogP contribution in [0.25, 0.3) is 11.4 Å². The van der Waals surface area contributed by atoms with Crippen molar-refractivity contribution in [2.45, 2.75) is 52.3 Å². The topological polar surface area (TPSA) is 168 Å². The highest BCUT2D eigenvalue weighted by molar-refractivity contribution is 6.33. The number of piperazine rings is 1. The average molecular weight is 740 g/mol. The summed E-state index contributed by atoms with van der Waals surface area (Å²) in [7, 11) is 0. The second-order valence-electron chi connectivity index (χ2n) is 13.1. The highest BCUT2D eigenvalue weighted by atomic mass is 35.5. The Labute approximate surface area is 298 Å². The van der Waals surface area contributed by atoms with Crippen molar-refractivity contribution in [3.8, 4) is 5.75 Å². The number of rotatable bonds is 7. The van der Waals surface area contributed by atoms with Crippen molar-refractivity contribution in [2.75, 3.05) is 36.4 Å². The maximum atomic E-state index is 14.3. The number of aromatic hydroxyl groups is 1. The van der Waals surface area contributed by atoms with Gasteiger partial charge in [-0.2, -0.15) is 22.7 Å². The second kappa shape index (κ2) is 13.3. The third-order valence-corrected chi connectivity index (χ3v) is 10.2. The molecule has 4 heterocycles. The summed E-state index contributed by atoms with van der Waals surface area (Å²) in [6.07, 6.45) is 0.310. The highest BCUT2D eigenvalue weighted by Crippen LogP contribution is 2.44. The standard InChI is InChI=1S/C34H33ClF3N9O5/c1-3-25-28(44-6-8-45(9-7-44)31(51)27-29(50)17(2)39-16-40-27)32(52)47-33(42-30(43-47)20-10-18-12-22(48)13-19(18)11-20)46(25)15-26(49)41-24-5-4-21(14-23(24)35)34(36,37)38/h4-5,10,14,16,18-19,50H,3,6-9,11-13,15H2,1-2H3,(H,41,49). The number of nitrogens with zero attached hydrogens (tertiary/aromatic N) is 8. The maximum Gasteiger partial charge on any atom is 0.416 e. The minimum atomic E-state index is -4.62. The van der Waals surface area contributed by atoms with E-state index in [1.165, 1.54) is 11.2 Å². The summed E-state index contributed by atoms with van der Waals surface area (Å²) >= 11 is 6.13. The summed E-state index contributed by atoms with van der Waals surface area (Å²) in [4.78, 5) is 69.0. The lowest BCUT2D eigenvalue weighted by Gasteiger charge is -2.36. The van der Waals surface area contributed by atoms with Gasteiger partial charge in [-0.05, 0) is 55.4 Å².